The molecular weight excluding hydrogens is 396 g/mol. The molecule has 1 aliphatic heterocycles. The molecule has 7 heteroatoms. The normalized spacial score (nSPS) is 16.8. The highest BCUT2D eigenvalue weighted by Gasteiger charge is 2.29. The van der Waals surface area contributed by atoms with Crippen molar-refractivity contribution in [1.82, 2.24) is 4.98 Å². The number of furan rings is 1. The lowest BCUT2D eigenvalue weighted by molar-refractivity contribution is 0.0896. The highest BCUT2D eigenvalue weighted by Crippen LogP contribution is 2.32. The van der Waals surface area contributed by atoms with Crippen molar-refractivity contribution in [3.63, 3.8) is 0 Å². The van der Waals surface area contributed by atoms with E-state index >= 15 is 0 Å². The van der Waals surface area contributed by atoms with E-state index in [-0.39, 0.29) is 17.8 Å². The number of halogens is 1. The average molecular weight is 413 g/mol. The summed E-state index contributed by atoms with van der Waals surface area (Å²) in [4.78, 5) is 19.7. The van der Waals surface area contributed by atoms with Gasteiger partial charge in [0.25, 0.3) is 5.91 Å². The molecule has 3 heterocycles. The lowest BCUT2D eigenvalue weighted by Gasteiger charge is -2.22. The third-order valence-corrected chi connectivity index (χ3v) is 6.15. The van der Waals surface area contributed by atoms with Gasteiger partial charge < -0.3 is 9.15 Å². The maximum atomic E-state index is 13.4. The van der Waals surface area contributed by atoms with Crippen LogP contribution in [0.15, 0.2) is 52.9 Å². The van der Waals surface area contributed by atoms with Crippen LogP contribution in [-0.2, 0) is 4.74 Å². The van der Waals surface area contributed by atoms with Gasteiger partial charge in [0.2, 0.25) is 0 Å². The van der Waals surface area contributed by atoms with Gasteiger partial charge in [-0.2, -0.15) is 0 Å². The van der Waals surface area contributed by atoms with Gasteiger partial charge in [0.05, 0.1) is 22.9 Å². The van der Waals surface area contributed by atoms with Crippen LogP contribution in [0.5, 0.6) is 0 Å². The Balaban J connectivity index is 1.54. The summed E-state index contributed by atoms with van der Waals surface area (Å²) >= 11 is 7.56. The molecule has 0 aliphatic carbocycles. The molecule has 2 aromatic heterocycles. The van der Waals surface area contributed by atoms with Crippen molar-refractivity contribution in [2.45, 2.75) is 18.9 Å². The number of ether oxygens (including phenoxy) is 1. The number of fused-ring (bicyclic) bond motifs is 2. The monoisotopic (exact) mass is 412 g/mol. The molecule has 1 atom stereocenters. The minimum Gasteiger partial charge on any atom is -0.451 e. The molecule has 5 nitrogen and oxygen atoms in total. The first-order valence-electron chi connectivity index (χ1n) is 9.15. The zero-order chi connectivity index (χ0) is 19.1. The summed E-state index contributed by atoms with van der Waals surface area (Å²) in [6.07, 6.45) is 1.95. The Labute approximate surface area is 170 Å². The maximum Gasteiger partial charge on any atom is 0.295 e. The van der Waals surface area contributed by atoms with Gasteiger partial charge in [0.1, 0.15) is 5.58 Å². The number of anilines is 1. The first kappa shape index (κ1) is 17.7. The van der Waals surface area contributed by atoms with Crippen LogP contribution in [0.1, 0.15) is 23.4 Å². The summed E-state index contributed by atoms with van der Waals surface area (Å²) in [6.45, 7) is 1.19. The number of amides is 1. The molecule has 0 bridgehead atoms. The maximum absolute atomic E-state index is 13.4. The zero-order valence-electron chi connectivity index (χ0n) is 14.9. The number of carbonyl (C=O) groups is 1. The number of hydrogen-bond donors (Lipinski definition) is 0. The third-order valence-electron chi connectivity index (χ3n) is 4.86. The van der Waals surface area contributed by atoms with E-state index in [1.807, 2.05) is 24.3 Å². The van der Waals surface area contributed by atoms with Crippen molar-refractivity contribution < 1.29 is 13.9 Å². The fraction of sp³-hybridized carbons (Fsp3) is 0.238. The van der Waals surface area contributed by atoms with Crippen molar-refractivity contribution >= 4 is 55.2 Å². The van der Waals surface area contributed by atoms with Crippen molar-refractivity contribution in [2.24, 2.45) is 0 Å². The Bertz CT molecular complexity index is 1130. The number of para-hydroxylation sites is 1. The van der Waals surface area contributed by atoms with Gasteiger partial charge in [0, 0.05) is 17.0 Å². The van der Waals surface area contributed by atoms with Crippen LogP contribution in [0, 0.1) is 0 Å². The largest absolute Gasteiger partial charge is 0.451 e. The van der Waals surface area contributed by atoms with Crippen molar-refractivity contribution in [2.75, 3.05) is 18.1 Å². The fourth-order valence-corrected chi connectivity index (χ4v) is 4.62. The minimum absolute atomic E-state index is 0.00906. The molecular formula is C21H17ClN2O3S. The predicted octanol–water partition coefficient (Wildman–Crippen LogP) is 5.52. The summed E-state index contributed by atoms with van der Waals surface area (Å²) in [7, 11) is 0. The SMILES string of the molecule is O=C(c1cc2cc(Cl)ccc2o1)N(CC1CCCO1)c1nc2ccccc2s1. The lowest BCUT2D eigenvalue weighted by atomic mass is 10.2. The van der Waals surface area contributed by atoms with Gasteiger partial charge in [-0.15, -0.1) is 0 Å². The Hall–Kier alpha value is -2.41. The number of hydrogen-bond acceptors (Lipinski definition) is 5. The van der Waals surface area contributed by atoms with Crippen molar-refractivity contribution in [1.29, 1.82) is 0 Å². The highest BCUT2D eigenvalue weighted by molar-refractivity contribution is 7.22. The molecule has 0 saturated carbocycles. The molecule has 1 unspecified atom stereocenters. The van der Waals surface area contributed by atoms with E-state index in [9.17, 15) is 4.79 Å². The summed E-state index contributed by atoms with van der Waals surface area (Å²) < 4.78 is 12.6. The number of aromatic nitrogens is 1. The molecule has 1 amide bonds. The second kappa shape index (κ2) is 7.20. The molecule has 1 aliphatic rings. The molecule has 1 saturated heterocycles. The van der Waals surface area contributed by atoms with Gasteiger partial charge in [-0.1, -0.05) is 35.1 Å². The Morgan fingerprint density at radius 1 is 1.25 bits per heavy atom. The topological polar surface area (TPSA) is 55.6 Å². The van der Waals surface area contributed by atoms with Crippen LogP contribution in [0.2, 0.25) is 5.02 Å². The van der Waals surface area contributed by atoms with Crippen molar-refractivity contribution in [3.8, 4) is 0 Å². The summed E-state index contributed by atoms with van der Waals surface area (Å²) in [5.41, 5.74) is 1.51. The van der Waals surface area contributed by atoms with E-state index in [1.165, 1.54) is 11.3 Å². The van der Waals surface area contributed by atoms with Crippen LogP contribution in [0.4, 0.5) is 5.13 Å². The number of rotatable bonds is 4. The number of thiazole rings is 1. The first-order chi connectivity index (χ1) is 13.7. The second-order valence-electron chi connectivity index (χ2n) is 6.81. The Morgan fingerprint density at radius 2 is 2.14 bits per heavy atom. The second-order valence-corrected chi connectivity index (χ2v) is 8.25. The molecule has 0 spiro atoms. The quantitative estimate of drug-likeness (QED) is 0.442. The lowest BCUT2D eigenvalue weighted by Crippen LogP contribution is -2.37. The van der Waals surface area contributed by atoms with Crippen LogP contribution in [-0.4, -0.2) is 30.1 Å². The van der Waals surface area contributed by atoms with Gasteiger partial charge in [-0.25, -0.2) is 4.98 Å². The van der Waals surface area contributed by atoms with E-state index < -0.39 is 0 Å². The van der Waals surface area contributed by atoms with Gasteiger partial charge in [-0.3, -0.25) is 9.69 Å². The van der Waals surface area contributed by atoms with E-state index in [1.54, 1.807) is 29.2 Å². The average Bonchev–Trinajstić information content (AvgIpc) is 3.43. The molecule has 1 fully saturated rings. The smallest absolute Gasteiger partial charge is 0.295 e. The van der Waals surface area contributed by atoms with Crippen LogP contribution < -0.4 is 4.90 Å². The summed E-state index contributed by atoms with van der Waals surface area (Å²) in [5, 5.41) is 2.06. The van der Waals surface area contributed by atoms with Gasteiger partial charge >= 0.3 is 0 Å². The molecule has 4 aromatic rings. The van der Waals surface area contributed by atoms with E-state index in [2.05, 4.69) is 4.98 Å². The Morgan fingerprint density at radius 3 is 2.96 bits per heavy atom. The van der Waals surface area contributed by atoms with Gasteiger partial charge in [-0.05, 0) is 49.2 Å². The van der Waals surface area contributed by atoms with Crippen LogP contribution in [0.25, 0.3) is 21.2 Å². The zero-order valence-corrected chi connectivity index (χ0v) is 16.5. The molecule has 142 valence electrons. The fourth-order valence-electron chi connectivity index (χ4n) is 3.47. The molecule has 0 radical (unpaired) electrons. The number of carbonyl (C=O) groups excluding carboxylic acids is 1. The first-order valence-corrected chi connectivity index (χ1v) is 10.3. The predicted molar refractivity (Wildman–Crippen MR) is 111 cm³/mol. The molecule has 2 aromatic carbocycles. The molecule has 0 N–H and O–H groups in total. The third kappa shape index (κ3) is 3.28. The molecule has 28 heavy (non-hydrogen) atoms. The van der Waals surface area contributed by atoms with Gasteiger partial charge in [0.15, 0.2) is 10.9 Å². The number of benzene rings is 2. The standard InChI is InChI=1S/C21H17ClN2O3S/c22-14-7-8-17-13(10-14)11-18(27-17)20(25)24(12-15-4-3-9-26-15)21-23-16-5-1-2-6-19(16)28-21/h1-2,5-8,10-11,15H,3-4,9,12H2. The summed E-state index contributed by atoms with van der Waals surface area (Å²) in [5.74, 6) is 0.0522. The Kier molecular flexibility index (Phi) is 4.55. The van der Waals surface area contributed by atoms with Crippen molar-refractivity contribution in [3.05, 3.63) is 59.3 Å². The van der Waals surface area contributed by atoms with E-state index in [0.29, 0.717) is 22.3 Å². The van der Waals surface area contributed by atoms with Crippen LogP contribution >= 0.6 is 22.9 Å². The minimum atomic E-state index is -0.220. The highest BCUT2D eigenvalue weighted by atomic mass is 35.5. The van der Waals surface area contributed by atoms with Crippen LogP contribution in [0.3, 0.4) is 0 Å². The number of nitrogens with zero attached hydrogens (tertiary/aromatic N) is 2. The summed E-state index contributed by atoms with van der Waals surface area (Å²) in [6, 6.07) is 14.9. The van der Waals surface area contributed by atoms with E-state index in [4.69, 9.17) is 20.8 Å². The molecule has 5 rings (SSSR count). The van der Waals surface area contributed by atoms with E-state index in [0.717, 1.165) is 35.1 Å².